The number of rotatable bonds is 2. The Morgan fingerprint density at radius 3 is 2.00 bits per heavy atom. The highest BCUT2D eigenvalue weighted by Crippen LogP contribution is 2.29. The zero-order valence-corrected chi connectivity index (χ0v) is 7.78. The van der Waals surface area contributed by atoms with Crippen LogP contribution in [0, 0.1) is 17.5 Å². The number of hydrogen-bond acceptors (Lipinski definition) is 1. The van der Waals surface area contributed by atoms with Crippen molar-refractivity contribution in [3.05, 3.63) is 35.1 Å². The van der Waals surface area contributed by atoms with E-state index in [4.69, 9.17) is 5.73 Å². The maximum Gasteiger partial charge on any atom is 0.390 e. The van der Waals surface area contributed by atoms with E-state index in [1.54, 1.807) is 0 Å². The first-order chi connectivity index (χ1) is 7.20. The van der Waals surface area contributed by atoms with Gasteiger partial charge in [-0.05, 0) is 6.07 Å². The molecule has 0 aliphatic carbocycles. The van der Waals surface area contributed by atoms with Gasteiger partial charge in [0, 0.05) is 17.7 Å². The summed E-state index contributed by atoms with van der Waals surface area (Å²) in [5.74, 6) is -4.20. The second-order valence-corrected chi connectivity index (χ2v) is 3.21. The fourth-order valence-corrected chi connectivity index (χ4v) is 1.18. The van der Waals surface area contributed by atoms with Crippen LogP contribution in [0.3, 0.4) is 0 Å². The van der Waals surface area contributed by atoms with Crippen LogP contribution >= 0.6 is 0 Å². The van der Waals surface area contributed by atoms with Gasteiger partial charge in [0.1, 0.15) is 5.82 Å². The summed E-state index contributed by atoms with van der Waals surface area (Å²) in [4.78, 5) is 0. The minimum Gasteiger partial charge on any atom is -0.324 e. The molecule has 0 aliphatic rings. The van der Waals surface area contributed by atoms with Crippen LogP contribution in [0.2, 0.25) is 0 Å². The molecule has 0 fully saturated rings. The number of hydrogen-bond donors (Lipinski definition) is 1. The Labute approximate surface area is 86.9 Å². The molecule has 90 valence electrons. The monoisotopic (exact) mass is 243 g/mol. The van der Waals surface area contributed by atoms with Gasteiger partial charge in [-0.2, -0.15) is 13.2 Å². The van der Waals surface area contributed by atoms with Crippen molar-refractivity contribution in [2.75, 3.05) is 0 Å². The molecule has 1 atom stereocenters. The molecule has 1 nitrogen and oxygen atoms in total. The van der Waals surface area contributed by atoms with Crippen LogP contribution in [0.15, 0.2) is 12.1 Å². The third kappa shape index (κ3) is 3.13. The van der Waals surface area contributed by atoms with Gasteiger partial charge in [0.15, 0.2) is 11.6 Å². The third-order valence-electron chi connectivity index (χ3n) is 1.89. The molecular formula is C9H7F6N. The van der Waals surface area contributed by atoms with Crippen molar-refractivity contribution in [3.8, 4) is 0 Å². The van der Waals surface area contributed by atoms with E-state index >= 15 is 0 Å². The molecule has 2 N–H and O–H groups in total. The Balaban J connectivity index is 3.00. The number of alkyl halides is 3. The Hall–Kier alpha value is -1.24. The predicted molar refractivity (Wildman–Crippen MR) is 43.9 cm³/mol. The van der Waals surface area contributed by atoms with Crippen LogP contribution < -0.4 is 5.73 Å². The zero-order valence-electron chi connectivity index (χ0n) is 7.78. The minimum atomic E-state index is -4.60. The molecule has 0 saturated heterocycles. The van der Waals surface area contributed by atoms with Crippen molar-refractivity contribution >= 4 is 0 Å². The number of nitrogens with two attached hydrogens (primary N) is 1. The lowest BCUT2D eigenvalue weighted by atomic mass is 10.0. The van der Waals surface area contributed by atoms with E-state index in [1.165, 1.54) is 0 Å². The van der Waals surface area contributed by atoms with E-state index < -0.39 is 41.7 Å². The molecule has 16 heavy (non-hydrogen) atoms. The van der Waals surface area contributed by atoms with Gasteiger partial charge in [0.25, 0.3) is 0 Å². The Morgan fingerprint density at radius 2 is 1.50 bits per heavy atom. The van der Waals surface area contributed by atoms with Crippen LogP contribution in [-0.4, -0.2) is 6.18 Å². The first kappa shape index (κ1) is 12.8. The summed E-state index contributed by atoms with van der Waals surface area (Å²) in [5, 5.41) is 0. The first-order valence-corrected chi connectivity index (χ1v) is 4.17. The second kappa shape index (κ2) is 4.32. The van der Waals surface area contributed by atoms with E-state index in [1.807, 2.05) is 0 Å². The maximum atomic E-state index is 13.0. The number of halogens is 6. The number of benzene rings is 1. The molecule has 0 bridgehead atoms. The van der Waals surface area contributed by atoms with Gasteiger partial charge in [-0.1, -0.05) is 0 Å². The summed E-state index contributed by atoms with van der Waals surface area (Å²) in [7, 11) is 0. The van der Waals surface area contributed by atoms with Crippen molar-refractivity contribution < 1.29 is 26.3 Å². The van der Waals surface area contributed by atoms with Gasteiger partial charge in [-0.25, -0.2) is 13.2 Å². The Bertz CT molecular complexity index is 386. The standard InChI is InChI=1S/C9H7F6N/c10-5-2-7(12)6(11)1-4(5)8(16)3-9(13,14)15/h1-2,8H,3,16H2/t8-/m0/s1. The summed E-state index contributed by atoms with van der Waals surface area (Å²) in [6.45, 7) is 0. The molecule has 0 heterocycles. The molecule has 0 spiro atoms. The normalized spacial score (nSPS) is 13.9. The molecule has 0 saturated carbocycles. The molecule has 7 heteroatoms. The van der Waals surface area contributed by atoms with Gasteiger partial charge >= 0.3 is 6.18 Å². The highest BCUT2D eigenvalue weighted by atomic mass is 19.4. The zero-order chi connectivity index (χ0) is 12.5. The topological polar surface area (TPSA) is 26.0 Å². The van der Waals surface area contributed by atoms with Crippen molar-refractivity contribution in [2.45, 2.75) is 18.6 Å². The average molecular weight is 243 g/mol. The smallest absolute Gasteiger partial charge is 0.324 e. The molecule has 0 unspecified atom stereocenters. The van der Waals surface area contributed by atoms with Crippen molar-refractivity contribution in [1.29, 1.82) is 0 Å². The van der Waals surface area contributed by atoms with Crippen molar-refractivity contribution in [3.63, 3.8) is 0 Å². The largest absolute Gasteiger partial charge is 0.390 e. The lowest BCUT2D eigenvalue weighted by molar-refractivity contribution is -0.138. The summed E-state index contributed by atoms with van der Waals surface area (Å²) in [5.41, 5.74) is 4.35. The van der Waals surface area contributed by atoms with Crippen LogP contribution in [0.4, 0.5) is 26.3 Å². The molecular weight excluding hydrogens is 236 g/mol. The summed E-state index contributed by atoms with van der Waals surface area (Å²) >= 11 is 0. The van der Waals surface area contributed by atoms with Gasteiger partial charge in [0.2, 0.25) is 0 Å². The average Bonchev–Trinajstić information content (AvgIpc) is 2.08. The van der Waals surface area contributed by atoms with Gasteiger partial charge in [-0.3, -0.25) is 0 Å². The van der Waals surface area contributed by atoms with Crippen LogP contribution in [0.5, 0.6) is 0 Å². The van der Waals surface area contributed by atoms with Gasteiger partial charge in [0.05, 0.1) is 6.42 Å². The lowest BCUT2D eigenvalue weighted by Crippen LogP contribution is -2.21. The van der Waals surface area contributed by atoms with Crippen LogP contribution in [0.25, 0.3) is 0 Å². The lowest BCUT2D eigenvalue weighted by Gasteiger charge is -2.15. The molecule has 1 rings (SSSR count). The summed E-state index contributed by atoms with van der Waals surface area (Å²) < 4.78 is 74.0. The molecule has 0 aliphatic heterocycles. The quantitative estimate of drug-likeness (QED) is 0.627. The van der Waals surface area contributed by atoms with E-state index in [9.17, 15) is 26.3 Å². The fourth-order valence-electron chi connectivity index (χ4n) is 1.18. The second-order valence-electron chi connectivity index (χ2n) is 3.21. The van der Waals surface area contributed by atoms with Crippen LogP contribution in [0.1, 0.15) is 18.0 Å². The predicted octanol–water partition coefficient (Wildman–Crippen LogP) is 3.06. The third-order valence-corrected chi connectivity index (χ3v) is 1.89. The summed E-state index contributed by atoms with van der Waals surface area (Å²) in [6, 6.07) is -1.25. The van der Waals surface area contributed by atoms with Crippen LogP contribution in [-0.2, 0) is 0 Å². The SMILES string of the molecule is N[C@@H](CC(F)(F)F)c1cc(F)c(F)cc1F. The molecule has 1 aromatic rings. The highest BCUT2D eigenvalue weighted by Gasteiger charge is 2.32. The van der Waals surface area contributed by atoms with E-state index in [0.29, 0.717) is 6.07 Å². The highest BCUT2D eigenvalue weighted by molar-refractivity contribution is 5.23. The summed E-state index contributed by atoms with van der Waals surface area (Å²) in [6.07, 6.45) is -6.11. The van der Waals surface area contributed by atoms with E-state index in [2.05, 4.69) is 0 Å². The molecule has 1 aromatic carbocycles. The molecule has 0 radical (unpaired) electrons. The van der Waals surface area contributed by atoms with Crippen molar-refractivity contribution in [2.24, 2.45) is 5.73 Å². The molecule has 0 aromatic heterocycles. The first-order valence-electron chi connectivity index (χ1n) is 4.17. The van der Waals surface area contributed by atoms with Gasteiger partial charge < -0.3 is 5.73 Å². The maximum absolute atomic E-state index is 13.0. The Kier molecular flexibility index (Phi) is 3.47. The van der Waals surface area contributed by atoms with E-state index in [0.717, 1.165) is 0 Å². The Morgan fingerprint density at radius 1 is 1.00 bits per heavy atom. The molecule has 0 amide bonds. The minimum absolute atomic E-state index is 0.168. The van der Waals surface area contributed by atoms with E-state index in [-0.39, 0.29) is 6.07 Å². The fraction of sp³-hybridized carbons (Fsp3) is 0.333. The van der Waals surface area contributed by atoms with Gasteiger partial charge in [-0.15, -0.1) is 0 Å². The van der Waals surface area contributed by atoms with Crippen molar-refractivity contribution in [1.82, 2.24) is 0 Å².